The molecule has 146 valence electrons. The smallest absolute Gasteiger partial charge is 0.339 e. The molecule has 0 aliphatic heterocycles. The van der Waals surface area contributed by atoms with Gasteiger partial charge in [0.15, 0.2) is 6.10 Å². The molecule has 28 heavy (non-hydrogen) atoms. The molecule has 0 unspecified atom stereocenters. The van der Waals surface area contributed by atoms with E-state index in [2.05, 4.69) is 0 Å². The number of hydrogen-bond acceptors (Lipinski definition) is 5. The van der Waals surface area contributed by atoms with Crippen LogP contribution >= 0.6 is 0 Å². The largest absolute Gasteiger partial charge is 0.449 e. The molecular formula is C20H21N3O5. The Morgan fingerprint density at radius 2 is 1.57 bits per heavy atom. The summed E-state index contributed by atoms with van der Waals surface area (Å²) in [5, 5.41) is 1.83. The minimum Gasteiger partial charge on any atom is -0.449 e. The molecule has 2 aromatic carbocycles. The van der Waals surface area contributed by atoms with Gasteiger partial charge in [-0.2, -0.15) is 0 Å². The van der Waals surface area contributed by atoms with Gasteiger partial charge in [-0.1, -0.05) is 42.5 Å². The maximum Gasteiger partial charge on any atom is 0.339 e. The van der Waals surface area contributed by atoms with Crippen LogP contribution in [0.15, 0.2) is 54.6 Å². The average Bonchev–Trinajstić information content (AvgIpc) is 2.67. The summed E-state index contributed by atoms with van der Waals surface area (Å²) < 4.78 is 5.06. The number of primary amides is 1. The number of carbonyl (C=O) groups is 4. The Kier molecular flexibility index (Phi) is 6.86. The molecule has 0 radical (unpaired) electrons. The SMILES string of the molecule is C[C@H](OC(=O)c1ccccc1C(=O)N(C)Cc1ccccc1)C(=O)NC(N)=O. The Labute approximate surface area is 162 Å². The number of rotatable bonds is 6. The molecule has 0 saturated carbocycles. The van der Waals surface area contributed by atoms with Crippen molar-refractivity contribution in [2.45, 2.75) is 19.6 Å². The molecule has 2 aromatic rings. The molecule has 0 spiro atoms. The first kappa shape index (κ1) is 20.6. The van der Waals surface area contributed by atoms with Crippen molar-refractivity contribution in [1.82, 2.24) is 10.2 Å². The van der Waals surface area contributed by atoms with Gasteiger partial charge in [0.2, 0.25) is 0 Å². The van der Waals surface area contributed by atoms with E-state index in [1.54, 1.807) is 19.2 Å². The van der Waals surface area contributed by atoms with E-state index in [1.165, 1.54) is 24.0 Å². The monoisotopic (exact) mass is 383 g/mol. The van der Waals surface area contributed by atoms with Crippen LogP contribution in [0.5, 0.6) is 0 Å². The van der Waals surface area contributed by atoms with Gasteiger partial charge < -0.3 is 15.4 Å². The molecule has 2 rings (SSSR count). The van der Waals surface area contributed by atoms with E-state index in [0.717, 1.165) is 5.56 Å². The third-order valence-corrected chi connectivity index (χ3v) is 3.89. The van der Waals surface area contributed by atoms with Crippen molar-refractivity contribution in [1.29, 1.82) is 0 Å². The third-order valence-electron chi connectivity index (χ3n) is 3.89. The fraction of sp³-hybridized carbons (Fsp3) is 0.200. The van der Waals surface area contributed by atoms with Gasteiger partial charge in [0.05, 0.1) is 11.1 Å². The summed E-state index contributed by atoms with van der Waals surface area (Å²) in [6.45, 7) is 1.66. The fourth-order valence-electron chi connectivity index (χ4n) is 2.48. The summed E-state index contributed by atoms with van der Waals surface area (Å²) in [6, 6.07) is 14.5. The van der Waals surface area contributed by atoms with E-state index in [9.17, 15) is 19.2 Å². The van der Waals surface area contributed by atoms with Gasteiger partial charge in [-0.05, 0) is 24.6 Å². The van der Waals surface area contributed by atoms with Crippen LogP contribution in [-0.2, 0) is 16.1 Å². The molecule has 0 aromatic heterocycles. The first-order valence-corrected chi connectivity index (χ1v) is 8.49. The van der Waals surface area contributed by atoms with Gasteiger partial charge in [-0.15, -0.1) is 0 Å². The molecule has 8 nitrogen and oxygen atoms in total. The standard InChI is InChI=1S/C20H21N3O5/c1-13(17(24)22-20(21)27)28-19(26)16-11-7-6-10-15(16)18(25)23(2)12-14-8-4-3-5-9-14/h3-11,13H,12H2,1-2H3,(H3,21,22,24,27)/t13-/m0/s1. The van der Waals surface area contributed by atoms with Gasteiger partial charge in [-0.3, -0.25) is 14.9 Å². The predicted octanol–water partition coefficient (Wildman–Crippen LogP) is 1.70. The quantitative estimate of drug-likeness (QED) is 0.736. The Bertz CT molecular complexity index is 882. The van der Waals surface area contributed by atoms with E-state index in [1.807, 2.05) is 35.6 Å². The number of amides is 4. The van der Waals surface area contributed by atoms with Gasteiger partial charge in [0, 0.05) is 13.6 Å². The van der Waals surface area contributed by atoms with E-state index >= 15 is 0 Å². The highest BCUT2D eigenvalue weighted by atomic mass is 16.5. The fourth-order valence-corrected chi connectivity index (χ4v) is 2.48. The van der Waals surface area contributed by atoms with Gasteiger partial charge in [-0.25, -0.2) is 9.59 Å². The second-order valence-corrected chi connectivity index (χ2v) is 6.09. The van der Waals surface area contributed by atoms with Crippen LogP contribution < -0.4 is 11.1 Å². The van der Waals surface area contributed by atoms with E-state index < -0.39 is 24.0 Å². The summed E-state index contributed by atoms with van der Waals surface area (Å²) in [5.41, 5.74) is 5.98. The topological polar surface area (TPSA) is 119 Å². The summed E-state index contributed by atoms with van der Waals surface area (Å²) in [7, 11) is 1.63. The lowest BCUT2D eigenvalue weighted by atomic mass is 10.1. The number of nitrogens with two attached hydrogens (primary N) is 1. The first-order chi connectivity index (χ1) is 13.3. The van der Waals surface area contributed by atoms with Crippen molar-refractivity contribution in [2.75, 3.05) is 7.05 Å². The molecule has 4 amide bonds. The van der Waals surface area contributed by atoms with Crippen molar-refractivity contribution < 1.29 is 23.9 Å². The lowest BCUT2D eigenvalue weighted by Crippen LogP contribution is -2.42. The van der Waals surface area contributed by atoms with Crippen LogP contribution in [0.1, 0.15) is 33.2 Å². The molecule has 8 heteroatoms. The van der Waals surface area contributed by atoms with Crippen molar-refractivity contribution in [2.24, 2.45) is 5.73 Å². The molecular weight excluding hydrogens is 362 g/mol. The van der Waals surface area contributed by atoms with Crippen LogP contribution in [0, 0.1) is 0 Å². The number of hydrogen-bond donors (Lipinski definition) is 2. The lowest BCUT2D eigenvalue weighted by Gasteiger charge is -2.19. The van der Waals surface area contributed by atoms with Crippen molar-refractivity contribution >= 4 is 23.8 Å². The Morgan fingerprint density at radius 3 is 2.18 bits per heavy atom. The average molecular weight is 383 g/mol. The minimum atomic E-state index is -1.26. The normalized spacial score (nSPS) is 11.2. The van der Waals surface area contributed by atoms with Crippen molar-refractivity contribution in [3.8, 4) is 0 Å². The van der Waals surface area contributed by atoms with Crippen LogP contribution in [-0.4, -0.2) is 41.9 Å². The first-order valence-electron chi connectivity index (χ1n) is 8.49. The minimum absolute atomic E-state index is 0.0196. The maximum absolute atomic E-state index is 12.8. The van der Waals surface area contributed by atoms with Crippen LogP contribution in [0.2, 0.25) is 0 Å². The number of nitrogens with zero attached hydrogens (tertiary/aromatic N) is 1. The lowest BCUT2D eigenvalue weighted by molar-refractivity contribution is -0.127. The number of benzene rings is 2. The van der Waals surface area contributed by atoms with Crippen molar-refractivity contribution in [3.63, 3.8) is 0 Å². The highest BCUT2D eigenvalue weighted by Gasteiger charge is 2.24. The van der Waals surface area contributed by atoms with E-state index in [4.69, 9.17) is 10.5 Å². The molecule has 1 atom stereocenters. The van der Waals surface area contributed by atoms with Gasteiger partial charge in [0.25, 0.3) is 11.8 Å². The summed E-state index contributed by atoms with van der Waals surface area (Å²) in [4.78, 5) is 49.2. The van der Waals surface area contributed by atoms with Crippen LogP contribution in [0.4, 0.5) is 4.79 Å². The van der Waals surface area contributed by atoms with Crippen LogP contribution in [0.25, 0.3) is 0 Å². The Hall–Kier alpha value is -3.68. The zero-order valence-corrected chi connectivity index (χ0v) is 15.5. The maximum atomic E-state index is 12.8. The van der Waals surface area contributed by atoms with E-state index in [0.29, 0.717) is 6.54 Å². The third kappa shape index (κ3) is 5.41. The van der Waals surface area contributed by atoms with E-state index in [-0.39, 0.29) is 17.0 Å². The van der Waals surface area contributed by atoms with Crippen molar-refractivity contribution in [3.05, 3.63) is 71.3 Å². The Morgan fingerprint density at radius 1 is 1.00 bits per heavy atom. The molecule has 0 heterocycles. The highest BCUT2D eigenvalue weighted by Crippen LogP contribution is 2.15. The zero-order valence-electron chi connectivity index (χ0n) is 15.5. The van der Waals surface area contributed by atoms with Gasteiger partial charge in [0.1, 0.15) is 0 Å². The molecule has 3 N–H and O–H groups in total. The number of carbonyl (C=O) groups excluding carboxylic acids is 4. The predicted molar refractivity (Wildman–Crippen MR) is 101 cm³/mol. The molecule has 0 fully saturated rings. The molecule has 0 aliphatic carbocycles. The molecule has 0 saturated heterocycles. The Balaban J connectivity index is 2.15. The van der Waals surface area contributed by atoms with Gasteiger partial charge >= 0.3 is 12.0 Å². The summed E-state index contributed by atoms with van der Waals surface area (Å²) in [5.74, 6) is -2.08. The number of urea groups is 1. The molecule has 0 bridgehead atoms. The second-order valence-electron chi connectivity index (χ2n) is 6.09. The summed E-state index contributed by atoms with van der Waals surface area (Å²) >= 11 is 0. The number of imide groups is 1. The van der Waals surface area contributed by atoms with Crippen LogP contribution in [0.3, 0.4) is 0 Å². The second kappa shape index (κ2) is 9.31. The zero-order chi connectivity index (χ0) is 20.7. The number of ether oxygens (including phenoxy) is 1. The number of nitrogens with one attached hydrogen (secondary N) is 1. The molecule has 0 aliphatic rings. The number of esters is 1. The highest BCUT2D eigenvalue weighted by molar-refractivity contribution is 6.06. The summed E-state index contributed by atoms with van der Waals surface area (Å²) in [6.07, 6.45) is -1.26.